The van der Waals surface area contributed by atoms with Gasteiger partial charge in [-0.1, -0.05) is 60.8 Å². The summed E-state index contributed by atoms with van der Waals surface area (Å²) in [4.78, 5) is 0. The van der Waals surface area contributed by atoms with E-state index in [2.05, 4.69) is 48.1 Å². The van der Waals surface area contributed by atoms with Gasteiger partial charge in [0, 0.05) is 17.1 Å². The van der Waals surface area contributed by atoms with Crippen LogP contribution in [0.2, 0.25) is 0 Å². The van der Waals surface area contributed by atoms with Gasteiger partial charge >= 0.3 is 0 Å². The fraction of sp³-hybridized carbons (Fsp3) is 0.600. The van der Waals surface area contributed by atoms with Crippen molar-refractivity contribution in [3.63, 3.8) is 0 Å². The second-order valence-corrected chi connectivity index (χ2v) is 5.65. The van der Waals surface area contributed by atoms with Crippen LogP contribution in [-0.2, 0) is 0 Å². The average Bonchev–Trinajstić information content (AvgIpc) is 2.38. The van der Waals surface area contributed by atoms with Gasteiger partial charge in [0.15, 0.2) is 0 Å². The third-order valence-electron chi connectivity index (χ3n) is 3.60. The number of halogens is 1. The third-order valence-corrected chi connectivity index (χ3v) is 4.32. The number of benzene rings is 1. The minimum atomic E-state index is -0.259. The number of nitrogens with one attached hydrogen (secondary N) is 1. The summed E-state index contributed by atoms with van der Waals surface area (Å²) in [7, 11) is 0. The smallest absolute Gasteiger partial charge is 0.0692 e. The van der Waals surface area contributed by atoms with Crippen LogP contribution in [0.5, 0.6) is 0 Å². The molecule has 0 aromatic heterocycles. The van der Waals surface area contributed by atoms with Crippen molar-refractivity contribution in [2.24, 2.45) is 5.92 Å². The van der Waals surface area contributed by atoms with E-state index in [0.717, 1.165) is 17.3 Å². The predicted molar refractivity (Wildman–Crippen MR) is 80.6 cm³/mol. The Bertz CT molecular complexity index is 352. The molecule has 0 aliphatic rings. The summed E-state index contributed by atoms with van der Waals surface area (Å²) in [6.45, 7) is 7.04. The Morgan fingerprint density at radius 3 is 2.39 bits per heavy atom. The summed E-state index contributed by atoms with van der Waals surface area (Å²) >= 11 is 3.56. The van der Waals surface area contributed by atoms with Crippen molar-refractivity contribution in [1.82, 2.24) is 5.32 Å². The quantitative estimate of drug-likeness (QED) is 0.800. The highest BCUT2D eigenvalue weighted by Gasteiger charge is 2.16. The molecule has 0 bridgehead atoms. The van der Waals surface area contributed by atoms with Crippen molar-refractivity contribution in [2.75, 3.05) is 6.54 Å². The van der Waals surface area contributed by atoms with E-state index in [1.54, 1.807) is 0 Å². The molecule has 2 unspecified atom stereocenters. The van der Waals surface area contributed by atoms with E-state index in [1.165, 1.54) is 5.56 Å². The van der Waals surface area contributed by atoms with Crippen LogP contribution in [-0.4, -0.2) is 17.8 Å². The van der Waals surface area contributed by atoms with E-state index in [9.17, 15) is 5.11 Å². The lowest BCUT2D eigenvalue weighted by atomic mass is 9.96. The molecule has 1 rings (SSSR count). The second kappa shape index (κ2) is 7.93. The van der Waals surface area contributed by atoms with Gasteiger partial charge in [0.05, 0.1) is 6.10 Å². The first-order chi connectivity index (χ1) is 8.60. The van der Waals surface area contributed by atoms with E-state index in [4.69, 9.17) is 0 Å². The molecule has 1 aromatic rings. The minimum absolute atomic E-state index is 0.240. The Morgan fingerprint density at radius 2 is 1.83 bits per heavy atom. The number of rotatable bonds is 7. The van der Waals surface area contributed by atoms with Gasteiger partial charge in [-0.2, -0.15) is 0 Å². The maximum atomic E-state index is 10.1. The molecule has 0 aliphatic carbocycles. The molecule has 2 atom stereocenters. The molecule has 2 N–H and O–H groups in total. The van der Waals surface area contributed by atoms with E-state index in [0.29, 0.717) is 12.5 Å². The Kier molecular flexibility index (Phi) is 6.90. The van der Waals surface area contributed by atoms with Gasteiger partial charge in [-0.3, -0.25) is 0 Å². The molecule has 0 saturated heterocycles. The highest BCUT2D eigenvalue weighted by molar-refractivity contribution is 9.10. The fourth-order valence-corrected chi connectivity index (χ4v) is 2.86. The van der Waals surface area contributed by atoms with Crippen LogP contribution in [0.4, 0.5) is 0 Å². The van der Waals surface area contributed by atoms with Gasteiger partial charge in [-0.25, -0.2) is 0 Å². The predicted octanol–water partition coefficient (Wildman–Crippen LogP) is 3.90. The van der Waals surface area contributed by atoms with Crippen molar-refractivity contribution in [3.8, 4) is 0 Å². The van der Waals surface area contributed by atoms with Crippen LogP contribution in [0, 0.1) is 5.92 Å². The first kappa shape index (κ1) is 15.7. The van der Waals surface area contributed by atoms with E-state index < -0.39 is 0 Å². The average molecular weight is 314 g/mol. The zero-order valence-electron chi connectivity index (χ0n) is 11.5. The van der Waals surface area contributed by atoms with Gasteiger partial charge in [0.1, 0.15) is 0 Å². The molecular formula is C15H24BrNO. The lowest BCUT2D eigenvalue weighted by molar-refractivity contribution is 0.0989. The Labute approximate surface area is 119 Å². The zero-order valence-corrected chi connectivity index (χ0v) is 13.1. The molecule has 102 valence electrons. The topological polar surface area (TPSA) is 32.3 Å². The van der Waals surface area contributed by atoms with Crippen LogP contribution < -0.4 is 5.32 Å². The molecule has 3 heteroatoms. The van der Waals surface area contributed by atoms with E-state index in [1.807, 2.05) is 18.2 Å². The Balaban J connectivity index is 2.51. The van der Waals surface area contributed by atoms with Crippen molar-refractivity contribution in [3.05, 3.63) is 34.3 Å². The summed E-state index contributed by atoms with van der Waals surface area (Å²) in [6, 6.07) is 8.44. The van der Waals surface area contributed by atoms with Gasteiger partial charge < -0.3 is 10.4 Å². The van der Waals surface area contributed by atoms with Crippen LogP contribution >= 0.6 is 15.9 Å². The van der Waals surface area contributed by atoms with Crippen LogP contribution in [0.25, 0.3) is 0 Å². The van der Waals surface area contributed by atoms with Crippen LogP contribution in [0.3, 0.4) is 0 Å². The first-order valence-electron chi connectivity index (χ1n) is 6.76. The fourth-order valence-electron chi connectivity index (χ4n) is 2.23. The molecule has 0 saturated carbocycles. The molecule has 1 aromatic carbocycles. The molecule has 18 heavy (non-hydrogen) atoms. The summed E-state index contributed by atoms with van der Waals surface area (Å²) < 4.78 is 1.11. The molecule has 0 amide bonds. The first-order valence-corrected chi connectivity index (χ1v) is 7.55. The highest BCUT2D eigenvalue weighted by atomic mass is 79.9. The summed E-state index contributed by atoms with van der Waals surface area (Å²) in [5.74, 6) is 0.393. The molecule has 0 heterocycles. The monoisotopic (exact) mass is 313 g/mol. The third kappa shape index (κ3) is 4.38. The largest absolute Gasteiger partial charge is 0.392 e. The van der Waals surface area contributed by atoms with Gasteiger partial charge in [0.2, 0.25) is 0 Å². The Hall–Kier alpha value is -0.380. The summed E-state index contributed by atoms with van der Waals surface area (Å²) in [5, 5.41) is 13.5. The van der Waals surface area contributed by atoms with Gasteiger partial charge in [0.25, 0.3) is 0 Å². The molecule has 0 fully saturated rings. The Morgan fingerprint density at radius 1 is 1.22 bits per heavy atom. The lowest BCUT2D eigenvalue weighted by Gasteiger charge is -2.23. The second-order valence-electron chi connectivity index (χ2n) is 4.80. The van der Waals surface area contributed by atoms with Gasteiger partial charge in [-0.15, -0.1) is 0 Å². The minimum Gasteiger partial charge on any atom is -0.392 e. The van der Waals surface area contributed by atoms with E-state index >= 15 is 0 Å². The normalized spacial score (nSPS) is 14.8. The standard InChI is InChI=1S/C15H24BrNO/c1-4-12(5-2)15(18)10-17-11(3)13-8-6-7-9-14(13)16/h6-9,11-12,15,17-18H,4-5,10H2,1-3H3. The highest BCUT2D eigenvalue weighted by Crippen LogP contribution is 2.23. The van der Waals surface area contributed by atoms with Crippen molar-refractivity contribution >= 4 is 15.9 Å². The van der Waals surface area contributed by atoms with Crippen molar-refractivity contribution in [1.29, 1.82) is 0 Å². The number of aliphatic hydroxyl groups is 1. The molecule has 0 aliphatic heterocycles. The molecule has 0 radical (unpaired) electrons. The lowest BCUT2D eigenvalue weighted by Crippen LogP contribution is -2.34. The molecular weight excluding hydrogens is 290 g/mol. The SMILES string of the molecule is CCC(CC)C(O)CNC(C)c1ccccc1Br. The zero-order chi connectivity index (χ0) is 13.5. The van der Waals surface area contributed by atoms with Crippen LogP contribution in [0.1, 0.15) is 45.2 Å². The maximum absolute atomic E-state index is 10.1. The summed E-state index contributed by atoms with van der Waals surface area (Å²) in [5.41, 5.74) is 1.23. The summed E-state index contributed by atoms with van der Waals surface area (Å²) in [6.07, 6.45) is 1.80. The number of hydrogen-bond donors (Lipinski definition) is 2. The van der Waals surface area contributed by atoms with Crippen molar-refractivity contribution < 1.29 is 5.11 Å². The van der Waals surface area contributed by atoms with E-state index in [-0.39, 0.29) is 12.1 Å². The van der Waals surface area contributed by atoms with Gasteiger partial charge in [-0.05, 0) is 24.5 Å². The van der Waals surface area contributed by atoms with Crippen LogP contribution in [0.15, 0.2) is 28.7 Å². The maximum Gasteiger partial charge on any atom is 0.0692 e. The number of aliphatic hydroxyl groups excluding tert-OH is 1. The van der Waals surface area contributed by atoms with Crippen molar-refractivity contribution in [2.45, 2.75) is 45.8 Å². The number of hydrogen-bond acceptors (Lipinski definition) is 2. The molecule has 0 spiro atoms. The molecule has 2 nitrogen and oxygen atoms in total.